The fourth-order valence-electron chi connectivity index (χ4n) is 3.16. The molecule has 170 valence electrons. The Bertz CT molecular complexity index is 1050. The van der Waals surface area contributed by atoms with Crippen LogP contribution in [0.25, 0.3) is 11.1 Å². The zero-order valence-corrected chi connectivity index (χ0v) is 16.7. The summed E-state index contributed by atoms with van der Waals surface area (Å²) in [7, 11) is 0. The number of rotatable bonds is 8. The molecule has 0 aliphatic rings. The van der Waals surface area contributed by atoms with Crippen molar-refractivity contribution in [1.82, 2.24) is 0 Å². The summed E-state index contributed by atoms with van der Waals surface area (Å²) in [6.07, 6.45) is -2.89. The van der Waals surface area contributed by atoms with Gasteiger partial charge in [-0.1, -0.05) is 37.6 Å². The van der Waals surface area contributed by atoms with Crippen molar-refractivity contribution in [1.29, 1.82) is 0 Å². The highest BCUT2D eigenvalue weighted by atomic mass is 19.3. The quantitative estimate of drug-likeness (QED) is 0.330. The van der Waals surface area contributed by atoms with Crippen molar-refractivity contribution >= 4 is 0 Å². The summed E-state index contributed by atoms with van der Waals surface area (Å²) in [6.45, 7) is 0.433. The third kappa shape index (κ3) is 4.98. The van der Waals surface area contributed by atoms with Crippen molar-refractivity contribution in [3.8, 4) is 22.6 Å². The minimum atomic E-state index is -4.61. The molecule has 3 rings (SSSR count). The number of halogens is 7. The van der Waals surface area contributed by atoms with Gasteiger partial charge in [0, 0.05) is 12.1 Å². The van der Waals surface area contributed by atoms with Crippen molar-refractivity contribution in [2.45, 2.75) is 25.9 Å². The summed E-state index contributed by atoms with van der Waals surface area (Å²) in [5.74, 6) is -8.50. The lowest BCUT2D eigenvalue weighted by atomic mass is 10.00. The highest BCUT2D eigenvalue weighted by Crippen LogP contribution is 2.38. The van der Waals surface area contributed by atoms with E-state index >= 15 is 0 Å². The lowest BCUT2D eigenvalue weighted by Gasteiger charge is -2.20. The molecule has 0 aromatic heterocycles. The molecule has 0 saturated heterocycles. The topological polar surface area (TPSA) is 18.5 Å². The van der Waals surface area contributed by atoms with Crippen LogP contribution in [0.2, 0.25) is 0 Å². The van der Waals surface area contributed by atoms with Gasteiger partial charge in [-0.05, 0) is 35.2 Å². The summed E-state index contributed by atoms with van der Waals surface area (Å²) in [4.78, 5) is 0. The van der Waals surface area contributed by atoms with Crippen LogP contribution in [0.15, 0.2) is 48.5 Å². The first kappa shape index (κ1) is 23.4. The van der Waals surface area contributed by atoms with E-state index in [2.05, 4.69) is 9.47 Å². The maximum atomic E-state index is 14.5. The van der Waals surface area contributed by atoms with E-state index in [0.717, 1.165) is 18.4 Å². The largest absolute Gasteiger partial charge is 0.457 e. The van der Waals surface area contributed by atoms with Crippen LogP contribution in [0.1, 0.15) is 24.5 Å². The second-order valence-electron chi connectivity index (χ2n) is 6.85. The molecule has 0 aliphatic carbocycles. The zero-order chi connectivity index (χ0) is 23.5. The van der Waals surface area contributed by atoms with E-state index in [0.29, 0.717) is 17.7 Å². The summed E-state index contributed by atoms with van der Waals surface area (Å²) >= 11 is 0. The van der Waals surface area contributed by atoms with Gasteiger partial charge in [0.05, 0.1) is 0 Å². The Morgan fingerprint density at radius 1 is 0.781 bits per heavy atom. The Morgan fingerprint density at radius 3 is 1.84 bits per heavy atom. The molecule has 0 saturated carbocycles. The van der Waals surface area contributed by atoms with Crippen molar-refractivity contribution in [3.63, 3.8) is 0 Å². The molecular weight excluding hydrogens is 441 g/mol. The van der Waals surface area contributed by atoms with E-state index in [1.165, 1.54) is 0 Å². The second kappa shape index (κ2) is 9.50. The molecule has 0 bridgehead atoms. The molecule has 0 aliphatic heterocycles. The smallest absolute Gasteiger partial charge is 0.432 e. The molecule has 0 atom stereocenters. The van der Waals surface area contributed by atoms with E-state index in [-0.39, 0.29) is 17.7 Å². The fourth-order valence-corrected chi connectivity index (χ4v) is 3.16. The average molecular weight is 458 g/mol. The molecule has 0 N–H and O–H groups in total. The van der Waals surface area contributed by atoms with Crippen molar-refractivity contribution in [3.05, 3.63) is 82.9 Å². The number of aryl methyl sites for hydroxylation is 1. The molecule has 9 heteroatoms. The Morgan fingerprint density at radius 2 is 1.34 bits per heavy atom. The average Bonchev–Trinajstić information content (AvgIpc) is 2.70. The van der Waals surface area contributed by atoms with Gasteiger partial charge in [0.2, 0.25) is 6.86 Å². The van der Waals surface area contributed by atoms with Gasteiger partial charge >= 0.3 is 6.11 Å². The van der Waals surface area contributed by atoms with Crippen LogP contribution in [-0.2, 0) is 12.5 Å². The Hall–Kier alpha value is -3.23. The van der Waals surface area contributed by atoms with E-state index in [1.807, 2.05) is 6.92 Å². The maximum Gasteiger partial charge on any atom is 0.432 e. The SMILES string of the molecule is CCCc1ccc(-c2cc(F)c(C(F)(F)Oc3cc(F)c(OCF)c(F)c3)c(F)c2)cc1. The van der Waals surface area contributed by atoms with Crippen molar-refractivity contribution in [2.75, 3.05) is 6.86 Å². The predicted octanol–water partition coefficient (Wildman–Crippen LogP) is 7.30. The molecule has 0 radical (unpaired) electrons. The van der Waals surface area contributed by atoms with Crippen LogP contribution >= 0.6 is 0 Å². The maximum absolute atomic E-state index is 14.5. The third-order valence-electron chi connectivity index (χ3n) is 4.58. The number of ether oxygens (including phenoxy) is 2. The molecule has 2 nitrogen and oxygen atoms in total. The normalized spacial score (nSPS) is 11.5. The Kier molecular flexibility index (Phi) is 6.96. The van der Waals surface area contributed by atoms with Crippen LogP contribution in [0.4, 0.5) is 30.7 Å². The summed E-state index contributed by atoms with van der Waals surface area (Å²) in [5, 5.41) is 0. The van der Waals surface area contributed by atoms with Crippen molar-refractivity contribution in [2.24, 2.45) is 0 Å². The summed E-state index contributed by atoms with van der Waals surface area (Å²) < 4.78 is 106. The molecule has 0 fully saturated rings. The minimum Gasteiger partial charge on any atom is -0.457 e. The van der Waals surface area contributed by atoms with Gasteiger partial charge in [-0.2, -0.15) is 8.78 Å². The Balaban J connectivity index is 1.91. The third-order valence-corrected chi connectivity index (χ3v) is 4.58. The van der Waals surface area contributed by atoms with E-state index < -0.39 is 53.3 Å². The zero-order valence-electron chi connectivity index (χ0n) is 16.7. The molecular formula is C23H17F7O2. The monoisotopic (exact) mass is 458 g/mol. The van der Waals surface area contributed by atoms with Crippen LogP contribution in [-0.4, -0.2) is 6.86 Å². The van der Waals surface area contributed by atoms with Crippen LogP contribution in [0, 0.1) is 23.3 Å². The second-order valence-corrected chi connectivity index (χ2v) is 6.85. The number of alkyl halides is 3. The lowest BCUT2D eigenvalue weighted by Crippen LogP contribution is -2.25. The van der Waals surface area contributed by atoms with Gasteiger partial charge in [0.25, 0.3) is 0 Å². The highest BCUT2D eigenvalue weighted by Gasteiger charge is 2.41. The van der Waals surface area contributed by atoms with Gasteiger partial charge in [-0.25, -0.2) is 22.0 Å². The van der Waals surface area contributed by atoms with E-state index in [1.54, 1.807) is 24.3 Å². The van der Waals surface area contributed by atoms with Gasteiger partial charge in [-0.15, -0.1) is 0 Å². The fraction of sp³-hybridized carbons (Fsp3) is 0.217. The number of hydrogen-bond acceptors (Lipinski definition) is 2. The molecule has 0 amide bonds. The first-order chi connectivity index (χ1) is 15.2. The minimum absolute atomic E-state index is 0.0208. The van der Waals surface area contributed by atoms with Crippen LogP contribution in [0.5, 0.6) is 11.5 Å². The van der Waals surface area contributed by atoms with Gasteiger partial charge in [0.1, 0.15) is 22.9 Å². The van der Waals surface area contributed by atoms with E-state index in [9.17, 15) is 30.7 Å². The molecule has 0 unspecified atom stereocenters. The molecule has 32 heavy (non-hydrogen) atoms. The number of hydrogen-bond donors (Lipinski definition) is 0. The molecule has 0 spiro atoms. The first-order valence-corrected chi connectivity index (χ1v) is 9.49. The molecule has 3 aromatic carbocycles. The van der Waals surface area contributed by atoms with Crippen molar-refractivity contribution < 1.29 is 40.2 Å². The molecule has 3 aromatic rings. The van der Waals surface area contributed by atoms with Gasteiger partial charge in [-0.3, -0.25) is 0 Å². The highest BCUT2D eigenvalue weighted by molar-refractivity contribution is 5.64. The van der Waals surface area contributed by atoms with E-state index in [4.69, 9.17) is 0 Å². The standard InChI is InChI=1S/C23H17F7O2/c1-2-3-13-4-6-14(7-5-13)15-8-17(25)21(18(26)9-15)23(29,30)32-16-10-19(27)22(31-12-24)20(28)11-16/h4-11H,2-3,12H2,1H3. The molecule has 0 heterocycles. The summed E-state index contributed by atoms with van der Waals surface area (Å²) in [5.41, 5.74) is -0.289. The summed E-state index contributed by atoms with van der Waals surface area (Å²) in [6, 6.07) is 8.74. The first-order valence-electron chi connectivity index (χ1n) is 9.49. The lowest BCUT2D eigenvalue weighted by molar-refractivity contribution is -0.189. The van der Waals surface area contributed by atoms with Gasteiger partial charge in [0.15, 0.2) is 17.4 Å². The number of benzene rings is 3. The van der Waals surface area contributed by atoms with Crippen LogP contribution < -0.4 is 9.47 Å². The predicted molar refractivity (Wildman–Crippen MR) is 103 cm³/mol. The van der Waals surface area contributed by atoms with Crippen LogP contribution in [0.3, 0.4) is 0 Å². The Labute approximate surface area is 179 Å². The van der Waals surface area contributed by atoms with Gasteiger partial charge < -0.3 is 9.47 Å².